The van der Waals surface area contributed by atoms with Crippen molar-refractivity contribution >= 4 is 33.2 Å². The Morgan fingerprint density at radius 3 is 2.43 bits per heavy atom. The maximum atomic E-state index is 12.3. The van der Waals surface area contributed by atoms with Crippen LogP contribution in [0.3, 0.4) is 0 Å². The highest BCUT2D eigenvalue weighted by Crippen LogP contribution is 2.26. The zero-order valence-corrected chi connectivity index (χ0v) is 13.7. The Morgan fingerprint density at radius 1 is 1.00 bits per heavy atom. The third-order valence-corrected chi connectivity index (χ3v) is 4.03. The van der Waals surface area contributed by atoms with Crippen molar-refractivity contribution in [3.8, 4) is 11.3 Å². The number of benzene rings is 2. The van der Waals surface area contributed by atoms with E-state index in [4.69, 9.17) is 5.73 Å². The number of hydrogen-bond acceptors (Lipinski definition) is 3. The van der Waals surface area contributed by atoms with Crippen LogP contribution in [0.25, 0.3) is 11.3 Å². The number of carbonyl (C=O) groups excluding carboxylic acids is 1. The number of nitrogens with zero attached hydrogens (tertiary/aromatic N) is 1. The average molecular weight is 368 g/mol. The molecule has 0 atom stereocenters. The highest BCUT2D eigenvalue weighted by molar-refractivity contribution is 9.10. The molecule has 0 aliphatic carbocycles. The van der Waals surface area contributed by atoms with E-state index >= 15 is 0 Å². The molecule has 0 saturated carbocycles. The van der Waals surface area contributed by atoms with Gasteiger partial charge in [0.1, 0.15) is 0 Å². The zero-order valence-electron chi connectivity index (χ0n) is 12.2. The van der Waals surface area contributed by atoms with Crippen molar-refractivity contribution in [1.29, 1.82) is 0 Å². The SMILES string of the molecule is Nc1ccccc1NC(=O)c1ccc(-c2ncccc2Br)cc1. The lowest BCUT2D eigenvalue weighted by molar-refractivity contribution is 0.102. The summed E-state index contributed by atoms with van der Waals surface area (Å²) in [5, 5.41) is 2.81. The standard InChI is InChI=1S/C18H14BrN3O/c19-14-4-3-11-21-17(14)12-7-9-13(10-8-12)18(23)22-16-6-2-1-5-15(16)20/h1-11H,20H2,(H,22,23). The van der Waals surface area contributed by atoms with Crippen molar-refractivity contribution in [3.63, 3.8) is 0 Å². The fourth-order valence-electron chi connectivity index (χ4n) is 2.18. The van der Waals surface area contributed by atoms with E-state index in [1.165, 1.54) is 0 Å². The van der Waals surface area contributed by atoms with E-state index in [0.717, 1.165) is 15.7 Å². The van der Waals surface area contributed by atoms with Gasteiger partial charge in [0.25, 0.3) is 5.91 Å². The molecule has 114 valence electrons. The van der Waals surface area contributed by atoms with E-state index in [0.29, 0.717) is 16.9 Å². The number of nitrogens with one attached hydrogen (secondary N) is 1. The lowest BCUT2D eigenvalue weighted by Gasteiger charge is -2.08. The largest absolute Gasteiger partial charge is 0.397 e. The lowest BCUT2D eigenvalue weighted by Crippen LogP contribution is -2.13. The first-order valence-corrected chi connectivity index (χ1v) is 7.81. The number of aromatic nitrogens is 1. The van der Waals surface area contributed by atoms with Crippen molar-refractivity contribution < 1.29 is 4.79 Å². The molecule has 0 aliphatic heterocycles. The van der Waals surface area contributed by atoms with E-state index in [1.54, 1.807) is 30.5 Å². The highest BCUT2D eigenvalue weighted by atomic mass is 79.9. The molecule has 2 aromatic carbocycles. The van der Waals surface area contributed by atoms with Gasteiger partial charge in [0.15, 0.2) is 0 Å². The van der Waals surface area contributed by atoms with Gasteiger partial charge in [-0.05, 0) is 52.3 Å². The second-order valence-corrected chi connectivity index (χ2v) is 5.81. The Hall–Kier alpha value is -2.66. The van der Waals surface area contributed by atoms with Crippen molar-refractivity contribution in [3.05, 3.63) is 76.9 Å². The number of para-hydroxylation sites is 2. The fraction of sp³-hybridized carbons (Fsp3) is 0. The first-order chi connectivity index (χ1) is 11.1. The minimum atomic E-state index is -0.200. The average Bonchev–Trinajstić information content (AvgIpc) is 2.57. The quantitative estimate of drug-likeness (QED) is 0.676. The maximum Gasteiger partial charge on any atom is 0.255 e. The fourth-order valence-corrected chi connectivity index (χ4v) is 2.67. The Morgan fingerprint density at radius 2 is 1.74 bits per heavy atom. The summed E-state index contributed by atoms with van der Waals surface area (Å²) >= 11 is 3.48. The highest BCUT2D eigenvalue weighted by Gasteiger charge is 2.09. The maximum absolute atomic E-state index is 12.3. The molecule has 0 bridgehead atoms. The predicted octanol–water partition coefficient (Wildman–Crippen LogP) is 4.35. The van der Waals surface area contributed by atoms with Crippen LogP contribution in [0.1, 0.15) is 10.4 Å². The summed E-state index contributed by atoms with van der Waals surface area (Å²) in [6.45, 7) is 0. The van der Waals surface area contributed by atoms with E-state index in [2.05, 4.69) is 26.2 Å². The van der Waals surface area contributed by atoms with Crippen LogP contribution < -0.4 is 11.1 Å². The normalized spacial score (nSPS) is 10.3. The predicted molar refractivity (Wildman–Crippen MR) is 96.2 cm³/mol. The molecule has 3 aromatic rings. The van der Waals surface area contributed by atoms with Crippen LogP contribution in [-0.2, 0) is 0 Å². The smallest absolute Gasteiger partial charge is 0.255 e. The van der Waals surface area contributed by atoms with E-state index in [9.17, 15) is 4.79 Å². The molecule has 5 heteroatoms. The van der Waals surface area contributed by atoms with Crippen molar-refractivity contribution in [2.45, 2.75) is 0 Å². The molecule has 4 nitrogen and oxygen atoms in total. The van der Waals surface area contributed by atoms with E-state index < -0.39 is 0 Å². The molecular formula is C18H14BrN3O. The molecule has 1 heterocycles. The monoisotopic (exact) mass is 367 g/mol. The molecule has 23 heavy (non-hydrogen) atoms. The molecule has 1 aromatic heterocycles. The van der Waals surface area contributed by atoms with Gasteiger partial charge in [-0.1, -0.05) is 24.3 Å². The molecule has 0 spiro atoms. The number of nitrogens with two attached hydrogens (primary N) is 1. The zero-order chi connectivity index (χ0) is 16.2. The topological polar surface area (TPSA) is 68.0 Å². The molecular weight excluding hydrogens is 354 g/mol. The van der Waals surface area contributed by atoms with Crippen molar-refractivity contribution in [2.24, 2.45) is 0 Å². The number of anilines is 2. The molecule has 0 fully saturated rings. The Labute approximate surface area is 142 Å². The third kappa shape index (κ3) is 3.40. The van der Waals surface area contributed by atoms with Gasteiger partial charge >= 0.3 is 0 Å². The van der Waals surface area contributed by atoms with Crippen LogP contribution >= 0.6 is 15.9 Å². The molecule has 1 amide bonds. The second-order valence-electron chi connectivity index (χ2n) is 4.95. The first-order valence-electron chi connectivity index (χ1n) is 7.02. The Kier molecular flexibility index (Phi) is 4.39. The summed E-state index contributed by atoms with van der Waals surface area (Å²) in [6, 6.07) is 18.2. The number of rotatable bonds is 3. The van der Waals surface area contributed by atoms with Gasteiger partial charge < -0.3 is 11.1 Å². The number of amides is 1. The summed E-state index contributed by atoms with van der Waals surface area (Å²) in [4.78, 5) is 16.6. The van der Waals surface area contributed by atoms with Crippen LogP contribution in [0.4, 0.5) is 11.4 Å². The summed E-state index contributed by atoms with van der Waals surface area (Å²) in [5.41, 5.74) is 9.32. The minimum absolute atomic E-state index is 0.200. The van der Waals surface area contributed by atoms with Gasteiger partial charge in [-0.3, -0.25) is 9.78 Å². The van der Waals surface area contributed by atoms with Crippen molar-refractivity contribution in [1.82, 2.24) is 4.98 Å². The van der Waals surface area contributed by atoms with Crippen LogP contribution in [0, 0.1) is 0 Å². The number of halogens is 1. The summed E-state index contributed by atoms with van der Waals surface area (Å²) in [5.74, 6) is -0.200. The number of pyridine rings is 1. The molecule has 0 radical (unpaired) electrons. The summed E-state index contributed by atoms with van der Waals surface area (Å²) in [6.07, 6.45) is 1.74. The van der Waals surface area contributed by atoms with Crippen molar-refractivity contribution in [2.75, 3.05) is 11.1 Å². The number of carbonyl (C=O) groups is 1. The summed E-state index contributed by atoms with van der Waals surface area (Å²) in [7, 11) is 0. The number of hydrogen-bond donors (Lipinski definition) is 2. The van der Waals surface area contributed by atoms with Crippen LogP contribution in [0.2, 0.25) is 0 Å². The van der Waals surface area contributed by atoms with Gasteiger partial charge in [0.2, 0.25) is 0 Å². The third-order valence-electron chi connectivity index (χ3n) is 3.39. The van der Waals surface area contributed by atoms with Gasteiger partial charge in [-0.2, -0.15) is 0 Å². The van der Waals surface area contributed by atoms with Gasteiger partial charge in [0, 0.05) is 21.8 Å². The van der Waals surface area contributed by atoms with Crippen LogP contribution in [-0.4, -0.2) is 10.9 Å². The van der Waals surface area contributed by atoms with Gasteiger partial charge in [-0.15, -0.1) is 0 Å². The first kappa shape index (κ1) is 15.2. The minimum Gasteiger partial charge on any atom is -0.397 e. The summed E-state index contributed by atoms with van der Waals surface area (Å²) < 4.78 is 0.911. The Bertz CT molecular complexity index is 847. The van der Waals surface area contributed by atoms with Crippen LogP contribution in [0.5, 0.6) is 0 Å². The van der Waals surface area contributed by atoms with Gasteiger partial charge in [-0.25, -0.2) is 0 Å². The molecule has 0 unspecified atom stereocenters. The molecule has 3 rings (SSSR count). The molecule has 0 aliphatic rings. The molecule has 0 saturated heterocycles. The van der Waals surface area contributed by atoms with Crippen LogP contribution in [0.15, 0.2) is 71.3 Å². The van der Waals surface area contributed by atoms with E-state index in [-0.39, 0.29) is 5.91 Å². The second kappa shape index (κ2) is 6.62. The van der Waals surface area contributed by atoms with E-state index in [1.807, 2.05) is 36.4 Å². The Balaban J connectivity index is 1.81. The number of nitrogen functional groups attached to an aromatic ring is 1. The van der Waals surface area contributed by atoms with Gasteiger partial charge in [0.05, 0.1) is 17.1 Å². The lowest BCUT2D eigenvalue weighted by atomic mass is 10.1. The molecule has 3 N–H and O–H groups in total.